The molecule has 0 heterocycles. The van der Waals surface area contributed by atoms with Crippen LogP contribution in [0.25, 0.3) is 0 Å². The molecule has 0 saturated carbocycles. The van der Waals surface area contributed by atoms with E-state index in [0.717, 1.165) is 6.26 Å². The summed E-state index contributed by atoms with van der Waals surface area (Å²) in [6.45, 7) is 2.21. The Kier molecular flexibility index (Phi) is 6.09. The lowest BCUT2D eigenvalue weighted by Crippen LogP contribution is -2.38. The Labute approximate surface area is 123 Å². The van der Waals surface area contributed by atoms with Crippen molar-refractivity contribution in [2.75, 3.05) is 30.3 Å². The van der Waals surface area contributed by atoms with E-state index in [2.05, 4.69) is 5.32 Å². The second-order valence-electron chi connectivity index (χ2n) is 3.96. The number of nitrogens with zero attached hydrogens (tertiary/aromatic N) is 1. The zero-order chi connectivity index (χ0) is 15.2. The molecule has 0 bridgehead atoms. The van der Waals surface area contributed by atoms with Gasteiger partial charge in [-0.3, -0.25) is 4.31 Å². The maximum atomic E-state index is 11.8. The van der Waals surface area contributed by atoms with Crippen LogP contribution in [0.1, 0.15) is 6.92 Å². The number of halogens is 1. The molecule has 8 heteroatoms. The number of alkyl carbamates (subject to hydrolysis) is 1. The van der Waals surface area contributed by atoms with E-state index in [0.29, 0.717) is 10.7 Å². The predicted molar refractivity (Wildman–Crippen MR) is 78.7 cm³/mol. The van der Waals surface area contributed by atoms with E-state index in [4.69, 9.17) is 16.3 Å². The van der Waals surface area contributed by atoms with Gasteiger partial charge in [0.2, 0.25) is 10.0 Å². The Morgan fingerprint density at radius 2 is 1.95 bits per heavy atom. The van der Waals surface area contributed by atoms with Gasteiger partial charge >= 0.3 is 6.09 Å². The van der Waals surface area contributed by atoms with Gasteiger partial charge in [0.25, 0.3) is 0 Å². The maximum absolute atomic E-state index is 11.8. The standard InChI is InChI=1S/C12H17ClN2O4S/c1-3-19-12(16)14-8-9-15(20(2,17)18)11-6-4-10(13)5-7-11/h4-7H,3,8-9H2,1-2H3,(H,14,16). The molecular weight excluding hydrogens is 304 g/mol. The third-order valence-corrected chi connectivity index (χ3v) is 3.82. The Morgan fingerprint density at radius 3 is 2.45 bits per heavy atom. The summed E-state index contributed by atoms with van der Waals surface area (Å²) in [4.78, 5) is 11.1. The van der Waals surface area contributed by atoms with E-state index in [1.54, 1.807) is 31.2 Å². The Balaban J connectivity index is 2.72. The fraction of sp³-hybridized carbons (Fsp3) is 0.417. The highest BCUT2D eigenvalue weighted by atomic mass is 35.5. The summed E-state index contributed by atoms with van der Waals surface area (Å²) in [6.07, 6.45) is 0.531. The van der Waals surface area contributed by atoms with Gasteiger partial charge in [-0.1, -0.05) is 11.6 Å². The molecule has 112 valence electrons. The van der Waals surface area contributed by atoms with E-state index in [9.17, 15) is 13.2 Å². The van der Waals surface area contributed by atoms with Crippen LogP contribution in [-0.4, -0.2) is 40.5 Å². The summed E-state index contributed by atoms with van der Waals surface area (Å²) in [5, 5.41) is 2.99. The van der Waals surface area contributed by atoms with Crippen LogP contribution in [0.4, 0.5) is 10.5 Å². The smallest absolute Gasteiger partial charge is 0.407 e. The molecular formula is C12H17ClN2O4S. The Hall–Kier alpha value is -1.47. The normalized spacial score (nSPS) is 10.9. The highest BCUT2D eigenvalue weighted by Gasteiger charge is 2.17. The van der Waals surface area contributed by atoms with Crippen molar-refractivity contribution in [3.8, 4) is 0 Å². The van der Waals surface area contributed by atoms with Gasteiger partial charge in [0.1, 0.15) is 0 Å². The van der Waals surface area contributed by atoms with Crippen LogP contribution >= 0.6 is 11.6 Å². The molecule has 0 fully saturated rings. The van der Waals surface area contributed by atoms with E-state index < -0.39 is 16.1 Å². The first-order valence-corrected chi connectivity index (χ1v) is 8.21. The van der Waals surface area contributed by atoms with Crippen LogP contribution in [0.5, 0.6) is 0 Å². The fourth-order valence-corrected chi connectivity index (χ4v) is 2.59. The number of carbonyl (C=O) groups excluding carboxylic acids is 1. The number of sulfonamides is 1. The first-order valence-electron chi connectivity index (χ1n) is 5.98. The average Bonchev–Trinajstić information content (AvgIpc) is 2.35. The quantitative estimate of drug-likeness (QED) is 0.868. The molecule has 1 N–H and O–H groups in total. The molecule has 6 nitrogen and oxygen atoms in total. The molecule has 0 aliphatic carbocycles. The first-order chi connectivity index (χ1) is 9.34. The number of hydrogen-bond donors (Lipinski definition) is 1. The van der Waals surface area contributed by atoms with Gasteiger partial charge in [-0.05, 0) is 31.2 Å². The Morgan fingerprint density at radius 1 is 1.35 bits per heavy atom. The lowest BCUT2D eigenvalue weighted by molar-refractivity contribution is 0.152. The number of benzene rings is 1. The molecule has 0 aliphatic heterocycles. The summed E-state index contributed by atoms with van der Waals surface area (Å²) in [5.74, 6) is 0. The molecule has 0 saturated heterocycles. The second kappa shape index (κ2) is 7.35. The molecule has 20 heavy (non-hydrogen) atoms. The molecule has 0 radical (unpaired) electrons. The summed E-state index contributed by atoms with van der Waals surface area (Å²) in [7, 11) is -3.44. The number of hydrogen-bond acceptors (Lipinski definition) is 4. The van der Waals surface area contributed by atoms with Gasteiger partial charge in [-0.2, -0.15) is 0 Å². The van der Waals surface area contributed by atoms with Crippen LogP contribution in [0.15, 0.2) is 24.3 Å². The van der Waals surface area contributed by atoms with Gasteiger partial charge in [0.05, 0.1) is 25.1 Å². The molecule has 0 atom stereocenters. The number of amides is 1. The third kappa shape index (κ3) is 5.26. The SMILES string of the molecule is CCOC(=O)NCCN(c1ccc(Cl)cc1)S(C)(=O)=O. The van der Waals surface area contributed by atoms with Crippen molar-refractivity contribution in [1.82, 2.24) is 5.32 Å². The number of carbonyl (C=O) groups is 1. The van der Waals surface area contributed by atoms with E-state index in [1.165, 1.54) is 4.31 Å². The molecule has 0 unspecified atom stereocenters. The van der Waals surface area contributed by atoms with Crippen molar-refractivity contribution >= 4 is 33.4 Å². The van der Waals surface area contributed by atoms with E-state index in [1.807, 2.05) is 0 Å². The first kappa shape index (κ1) is 16.6. The zero-order valence-electron chi connectivity index (χ0n) is 11.3. The highest BCUT2D eigenvalue weighted by Crippen LogP contribution is 2.19. The minimum atomic E-state index is -3.44. The van der Waals surface area contributed by atoms with Crippen molar-refractivity contribution in [1.29, 1.82) is 0 Å². The van der Waals surface area contributed by atoms with Crippen LogP contribution in [-0.2, 0) is 14.8 Å². The summed E-state index contributed by atoms with van der Waals surface area (Å²) >= 11 is 5.77. The monoisotopic (exact) mass is 320 g/mol. The second-order valence-corrected chi connectivity index (χ2v) is 6.30. The Bertz CT molecular complexity index is 545. The van der Waals surface area contributed by atoms with E-state index in [-0.39, 0.29) is 19.7 Å². The van der Waals surface area contributed by atoms with Crippen LogP contribution in [0.3, 0.4) is 0 Å². The maximum Gasteiger partial charge on any atom is 0.407 e. The van der Waals surface area contributed by atoms with Crippen molar-refractivity contribution in [3.05, 3.63) is 29.3 Å². The van der Waals surface area contributed by atoms with Crippen molar-refractivity contribution < 1.29 is 17.9 Å². The van der Waals surface area contributed by atoms with Crippen LogP contribution in [0.2, 0.25) is 5.02 Å². The van der Waals surface area contributed by atoms with Gasteiger partial charge in [0.15, 0.2) is 0 Å². The number of anilines is 1. The fourth-order valence-electron chi connectivity index (χ4n) is 1.54. The average molecular weight is 321 g/mol. The third-order valence-electron chi connectivity index (χ3n) is 2.37. The van der Waals surface area contributed by atoms with Crippen LogP contribution < -0.4 is 9.62 Å². The van der Waals surface area contributed by atoms with Crippen molar-refractivity contribution in [2.45, 2.75) is 6.92 Å². The molecule has 0 aliphatic rings. The molecule has 1 amide bonds. The van der Waals surface area contributed by atoms with Gasteiger partial charge in [0, 0.05) is 11.6 Å². The van der Waals surface area contributed by atoms with Crippen molar-refractivity contribution in [2.24, 2.45) is 0 Å². The van der Waals surface area contributed by atoms with Gasteiger partial charge < -0.3 is 10.1 Å². The summed E-state index contributed by atoms with van der Waals surface area (Å²) < 4.78 is 29.4. The molecule has 1 aromatic carbocycles. The minimum absolute atomic E-state index is 0.110. The lowest BCUT2D eigenvalue weighted by Gasteiger charge is -2.22. The lowest BCUT2D eigenvalue weighted by atomic mass is 10.3. The summed E-state index contributed by atoms with van der Waals surface area (Å²) in [6, 6.07) is 6.42. The molecule has 1 aromatic rings. The molecule has 0 spiro atoms. The topological polar surface area (TPSA) is 75.7 Å². The predicted octanol–water partition coefficient (Wildman–Crippen LogP) is 1.85. The molecule has 0 aromatic heterocycles. The number of ether oxygens (including phenoxy) is 1. The number of nitrogens with one attached hydrogen (secondary N) is 1. The number of rotatable bonds is 6. The van der Waals surface area contributed by atoms with E-state index >= 15 is 0 Å². The largest absolute Gasteiger partial charge is 0.450 e. The zero-order valence-corrected chi connectivity index (χ0v) is 12.9. The van der Waals surface area contributed by atoms with Gasteiger partial charge in [-0.25, -0.2) is 13.2 Å². The highest BCUT2D eigenvalue weighted by molar-refractivity contribution is 7.92. The van der Waals surface area contributed by atoms with Crippen LogP contribution in [0, 0.1) is 0 Å². The van der Waals surface area contributed by atoms with Crippen molar-refractivity contribution in [3.63, 3.8) is 0 Å². The minimum Gasteiger partial charge on any atom is -0.450 e. The summed E-state index contributed by atoms with van der Waals surface area (Å²) in [5.41, 5.74) is 0.488. The molecule has 1 rings (SSSR count). The van der Waals surface area contributed by atoms with Gasteiger partial charge in [-0.15, -0.1) is 0 Å².